The van der Waals surface area contributed by atoms with Crippen LogP contribution >= 0.6 is 0 Å². The van der Waals surface area contributed by atoms with E-state index in [9.17, 15) is 4.79 Å². The lowest BCUT2D eigenvalue weighted by molar-refractivity contribution is 0.102. The quantitative estimate of drug-likeness (QED) is 0.941. The lowest BCUT2D eigenvalue weighted by Gasteiger charge is -2.18. The first-order chi connectivity index (χ1) is 9.77. The van der Waals surface area contributed by atoms with Gasteiger partial charge in [0, 0.05) is 26.5 Å². The summed E-state index contributed by atoms with van der Waals surface area (Å²) in [6, 6.07) is 3.57. The van der Waals surface area contributed by atoms with Crippen LogP contribution in [-0.2, 0) is 5.54 Å². The van der Waals surface area contributed by atoms with Crippen molar-refractivity contribution in [3.63, 3.8) is 0 Å². The van der Waals surface area contributed by atoms with Gasteiger partial charge < -0.3 is 10.2 Å². The van der Waals surface area contributed by atoms with Gasteiger partial charge in [-0.2, -0.15) is 5.10 Å². The van der Waals surface area contributed by atoms with Crippen LogP contribution in [0.5, 0.6) is 0 Å². The number of nitrogens with one attached hydrogen (secondary N) is 1. The Morgan fingerprint density at radius 3 is 2.43 bits per heavy atom. The second-order valence-corrected chi connectivity index (χ2v) is 6.10. The number of hydrogen-bond acceptors (Lipinski definition) is 4. The molecule has 6 heteroatoms. The van der Waals surface area contributed by atoms with E-state index in [-0.39, 0.29) is 11.4 Å². The summed E-state index contributed by atoms with van der Waals surface area (Å²) in [5.74, 6) is 0.619. The lowest BCUT2D eigenvalue weighted by Crippen LogP contribution is -2.22. The minimum absolute atomic E-state index is 0.113. The van der Waals surface area contributed by atoms with Crippen molar-refractivity contribution in [2.45, 2.75) is 26.3 Å². The average molecular weight is 287 g/mol. The molecule has 0 saturated heterocycles. The third-order valence-corrected chi connectivity index (χ3v) is 3.00. The monoisotopic (exact) mass is 287 g/mol. The predicted molar refractivity (Wildman–Crippen MR) is 83.7 cm³/mol. The molecule has 2 rings (SSSR count). The van der Waals surface area contributed by atoms with Crippen molar-refractivity contribution in [1.29, 1.82) is 0 Å². The van der Waals surface area contributed by atoms with Gasteiger partial charge in [-0.15, -0.1) is 0 Å². The summed E-state index contributed by atoms with van der Waals surface area (Å²) in [7, 11) is 3.81. The van der Waals surface area contributed by atoms with E-state index in [1.165, 1.54) is 0 Å². The molecule has 6 nitrogen and oxygen atoms in total. The molecule has 112 valence electrons. The molecular weight excluding hydrogens is 266 g/mol. The summed E-state index contributed by atoms with van der Waals surface area (Å²) in [4.78, 5) is 18.3. The van der Waals surface area contributed by atoms with E-state index in [2.05, 4.69) is 36.2 Å². The van der Waals surface area contributed by atoms with Crippen LogP contribution in [0, 0.1) is 0 Å². The summed E-state index contributed by atoms with van der Waals surface area (Å²) in [5, 5.41) is 7.07. The number of amides is 1. The fourth-order valence-corrected chi connectivity index (χ4v) is 1.74. The summed E-state index contributed by atoms with van der Waals surface area (Å²) in [5.41, 5.74) is 1.08. The van der Waals surface area contributed by atoms with Gasteiger partial charge in [-0.05, 0) is 32.9 Å². The first-order valence-corrected chi connectivity index (χ1v) is 6.77. The Morgan fingerprint density at radius 2 is 1.95 bits per heavy atom. The van der Waals surface area contributed by atoms with Gasteiger partial charge in [0.1, 0.15) is 5.82 Å². The topological polar surface area (TPSA) is 63.1 Å². The van der Waals surface area contributed by atoms with E-state index in [1.807, 2.05) is 35.9 Å². The van der Waals surface area contributed by atoms with Gasteiger partial charge in [-0.3, -0.25) is 9.48 Å². The van der Waals surface area contributed by atoms with Crippen LogP contribution in [0.25, 0.3) is 0 Å². The van der Waals surface area contributed by atoms with Gasteiger partial charge in [-0.25, -0.2) is 4.98 Å². The second-order valence-electron chi connectivity index (χ2n) is 6.10. The molecule has 1 N–H and O–H groups in total. The molecule has 0 bridgehead atoms. The highest BCUT2D eigenvalue weighted by atomic mass is 16.1. The van der Waals surface area contributed by atoms with Crippen molar-refractivity contribution in [3.8, 4) is 0 Å². The summed E-state index contributed by atoms with van der Waals surface area (Å²) < 4.78 is 1.82. The molecule has 0 unspecified atom stereocenters. The van der Waals surface area contributed by atoms with E-state index in [0.29, 0.717) is 11.3 Å². The average Bonchev–Trinajstić information content (AvgIpc) is 2.87. The molecule has 0 atom stereocenters. The zero-order chi connectivity index (χ0) is 15.6. The van der Waals surface area contributed by atoms with Crippen LogP contribution in [0.4, 0.5) is 11.5 Å². The Hall–Kier alpha value is -2.37. The third kappa shape index (κ3) is 3.59. The first-order valence-electron chi connectivity index (χ1n) is 6.77. The molecule has 0 aliphatic rings. The van der Waals surface area contributed by atoms with E-state index in [1.54, 1.807) is 18.5 Å². The van der Waals surface area contributed by atoms with Crippen molar-refractivity contribution in [3.05, 3.63) is 36.3 Å². The molecule has 2 aromatic rings. The van der Waals surface area contributed by atoms with Crippen molar-refractivity contribution in [2.75, 3.05) is 24.3 Å². The highest BCUT2D eigenvalue weighted by molar-refractivity contribution is 6.04. The summed E-state index contributed by atoms with van der Waals surface area (Å²) in [6.07, 6.45) is 5.03. The molecule has 0 aliphatic heterocycles. The zero-order valence-corrected chi connectivity index (χ0v) is 13.1. The van der Waals surface area contributed by atoms with Gasteiger partial charge in [-0.1, -0.05) is 0 Å². The SMILES string of the molecule is CN(C)c1ccc(C(=O)Nc2cnn(C(C)(C)C)c2)cn1. The van der Waals surface area contributed by atoms with E-state index in [4.69, 9.17) is 0 Å². The standard InChI is InChI=1S/C15H21N5O/c1-15(2,3)20-10-12(9-17-20)18-14(21)11-6-7-13(16-8-11)19(4)5/h6-10H,1-5H3,(H,18,21). The van der Waals surface area contributed by atoms with Crippen molar-refractivity contribution in [1.82, 2.24) is 14.8 Å². The van der Waals surface area contributed by atoms with Gasteiger partial charge in [0.05, 0.1) is 23.0 Å². The summed E-state index contributed by atoms with van der Waals surface area (Å²) in [6.45, 7) is 6.15. The highest BCUT2D eigenvalue weighted by Gasteiger charge is 2.15. The molecule has 0 spiro atoms. The molecule has 0 radical (unpaired) electrons. The first kappa shape index (κ1) is 15.0. The lowest BCUT2D eigenvalue weighted by atomic mass is 10.1. The number of carbonyl (C=O) groups is 1. The zero-order valence-electron chi connectivity index (χ0n) is 13.1. The molecular formula is C15H21N5O. The van der Waals surface area contributed by atoms with Gasteiger partial charge in [0.2, 0.25) is 0 Å². The van der Waals surface area contributed by atoms with Crippen LogP contribution in [0.3, 0.4) is 0 Å². The van der Waals surface area contributed by atoms with Crippen LogP contribution in [0.15, 0.2) is 30.7 Å². The number of carbonyl (C=O) groups excluding carboxylic acids is 1. The number of rotatable bonds is 3. The van der Waals surface area contributed by atoms with Gasteiger partial charge in [0.25, 0.3) is 5.91 Å². The maximum absolute atomic E-state index is 12.2. The van der Waals surface area contributed by atoms with Gasteiger partial charge in [0.15, 0.2) is 0 Å². The number of aromatic nitrogens is 3. The fraction of sp³-hybridized carbons (Fsp3) is 0.400. The summed E-state index contributed by atoms with van der Waals surface area (Å²) >= 11 is 0. The smallest absolute Gasteiger partial charge is 0.257 e. The second kappa shape index (κ2) is 5.55. The molecule has 0 aromatic carbocycles. The van der Waals surface area contributed by atoms with Crippen molar-refractivity contribution < 1.29 is 4.79 Å². The van der Waals surface area contributed by atoms with Crippen LogP contribution in [0.2, 0.25) is 0 Å². The highest BCUT2D eigenvalue weighted by Crippen LogP contribution is 2.16. The maximum Gasteiger partial charge on any atom is 0.257 e. The van der Waals surface area contributed by atoms with Crippen LogP contribution < -0.4 is 10.2 Å². The Bertz CT molecular complexity index is 622. The molecule has 1 amide bonds. The molecule has 2 aromatic heterocycles. The number of nitrogens with zero attached hydrogens (tertiary/aromatic N) is 4. The fourth-order valence-electron chi connectivity index (χ4n) is 1.74. The molecule has 0 aliphatic carbocycles. The molecule has 21 heavy (non-hydrogen) atoms. The molecule has 0 saturated carbocycles. The molecule has 2 heterocycles. The maximum atomic E-state index is 12.2. The molecule has 0 fully saturated rings. The Labute approximate surface area is 124 Å². The Kier molecular flexibility index (Phi) is 3.97. The largest absolute Gasteiger partial charge is 0.363 e. The number of anilines is 2. The minimum Gasteiger partial charge on any atom is -0.363 e. The van der Waals surface area contributed by atoms with Crippen LogP contribution in [-0.4, -0.2) is 34.8 Å². The number of hydrogen-bond donors (Lipinski definition) is 1. The predicted octanol–water partition coefficient (Wildman–Crippen LogP) is 2.35. The van der Waals surface area contributed by atoms with E-state index in [0.717, 1.165) is 5.82 Å². The normalized spacial score (nSPS) is 11.3. The van der Waals surface area contributed by atoms with Gasteiger partial charge >= 0.3 is 0 Å². The van der Waals surface area contributed by atoms with Crippen LogP contribution in [0.1, 0.15) is 31.1 Å². The number of pyridine rings is 1. The van der Waals surface area contributed by atoms with Crippen molar-refractivity contribution in [2.24, 2.45) is 0 Å². The Balaban J connectivity index is 2.09. The minimum atomic E-state index is -0.193. The van der Waals surface area contributed by atoms with E-state index >= 15 is 0 Å². The Morgan fingerprint density at radius 1 is 1.24 bits per heavy atom. The van der Waals surface area contributed by atoms with E-state index < -0.39 is 0 Å². The third-order valence-electron chi connectivity index (χ3n) is 3.00. The van der Waals surface area contributed by atoms with Crippen molar-refractivity contribution >= 4 is 17.4 Å².